The Morgan fingerprint density at radius 1 is 1.24 bits per heavy atom. The number of rotatable bonds is 5. The lowest BCUT2D eigenvalue weighted by atomic mass is 9.92. The van der Waals surface area contributed by atoms with Crippen molar-refractivity contribution >= 4 is 5.71 Å². The summed E-state index contributed by atoms with van der Waals surface area (Å²) in [7, 11) is 0. The van der Waals surface area contributed by atoms with E-state index in [1.165, 1.54) is 32.2 Å². The lowest BCUT2D eigenvalue weighted by Crippen LogP contribution is -2.57. The van der Waals surface area contributed by atoms with Crippen LogP contribution in [-0.2, 0) is 4.74 Å². The molecule has 2 fully saturated rings. The first kappa shape index (κ1) is 12.8. The standard InChI is InChI=1S/C13H24N2O2/c1-2-3-4-5-6-15-12-7-11(14-16)8-13(15)10-17-9-12/h12-13,16H,2-10H2,1H3. The van der Waals surface area contributed by atoms with Gasteiger partial charge in [-0.2, -0.15) is 0 Å². The molecule has 0 aromatic rings. The normalized spacial score (nSPS) is 29.4. The van der Waals surface area contributed by atoms with E-state index >= 15 is 0 Å². The quantitative estimate of drug-likeness (QED) is 0.455. The van der Waals surface area contributed by atoms with Crippen LogP contribution >= 0.6 is 0 Å². The highest BCUT2D eigenvalue weighted by molar-refractivity contribution is 5.85. The summed E-state index contributed by atoms with van der Waals surface area (Å²) in [6, 6.07) is 0.880. The Morgan fingerprint density at radius 3 is 2.53 bits per heavy atom. The number of fused-ring (bicyclic) bond motifs is 2. The molecular weight excluding hydrogens is 216 g/mol. The van der Waals surface area contributed by atoms with Crippen LogP contribution < -0.4 is 0 Å². The van der Waals surface area contributed by atoms with E-state index in [0.29, 0.717) is 12.1 Å². The Hall–Kier alpha value is -0.610. The molecule has 2 unspecified atom stereocenters. The van der Waals surface area contributed by atoms with Crippen molar-refractivity contribution in [1.29, 1.82) is 0 Å². The molecule has 0 aromatic heterocycles. The van der Waals surface area contributed by atoms with Gasteiger partial charge in [0.2, 0.25) is 0 Å². The summed E-state index contributed by atoms with van der Waals surface area (Å²) in [5.41, 5.74) is 0.952. The van der Waals surface area contributed by atoms with Gasteiger partial charge >= 0.3 is 0 Å². The Labute approximate surface area is 104 Å². The number of morpholine rings is 1. The van der Waals surface area contributed by atoms with Crippen molar-refractivity contribution in [2.45, 2.75) is 57.5 Å². The molecule has 17 heavy (non-hydrogen) atoms. The van der Waals surface area contributed by atoms with Gasteiger partial charge in [-0.05, 0) is 13.0 Å². The van der Waals surface area contributed by atoms with Gasteiger partial charge in [0.15, 0.2) is 0 Å². The molecule has 2 bridgehead atoms. The molecule has 0 amide bonds. The first-order valence-electron chi connectivity index (χ1n) is 6.88. The summed E-state index contributed by atoms with van der Waals surface area (Å²) in [5, 5.41) is 12.3. The molecule has 2 aliphatic rings. The van der Waals surface area contributed by atoms with Crippen LogP contribution in [0.4, 0.5) is 0 Å². The van der Waals surface area contributed by atoms with E-state index < -0.39 is 0 Å². The summed E-state index contributed by atoms with van der Waals surface area (Å²) in [6.45, 7) is 5.01. The van der Waals surface area contributed by atoms with Gasteiger partial charge in [-0.15, -0.1) is 0 Å². The van der Waals surface area contributed by atoms with E-state index in [1.54, 1.807) is 0 Å². The van der Waals surface area contributed by atoms with E-state index in [2.05, 4.69) is 17.0 Å². The molecule has 0 spiro atoms. The minimum atomic E-state index is 0.440. The third kappa shape index (κ3) is 3.19. The summed E-state index contributed by atoms with van der Waals surface area (Å²) in [4.78, 5) is 2.58. The molecule has 0 aromatic carbocycles. The number of hydrogen-bond donors (Lipinski definition) is 1. The molecule has 98 valence electrons. The van der Waals surface area contributed by atoms with Crippen molar-refractivity contribution in [3.8, 4) is 0 Å². The van der Waals surface area contributed by atoms with Crippen LogP contribution in [0.1, 0.15) is 45.4 Å². The zero-order chi connectivity index (χ0) is 12.1. The number of nitrogens with zero attached hydrogens (tertiary/aromatic N) is 2. The van der Waals surface area contributed by atoms with Gasteiger partial charge in [-0.3, -0.25) is 4.90 Å². The van der Waals surface area contributed by atoms with Crippen molar-refractivity contribution in [3.05, 3.63) is 0 Å². The van der Waals surface area contributed by atoms with Crippen LogP contribution in [0.2, 0.25) is 0 Å². The van der Waals surface area contributed by atoms with Crippen LogP contribution in [-0.4, -0.2) is 47.7 Å². The number of piperidine rings is 1. The third-order valence-electron chi connectivity index (χ3n) is 3.91. The van der Waals surface area contributed by atoms with Gasteiger partial charge in [0.25, 0.3) is 0 Å². The maximum atomic E-state index is 8.91. The monoisotopic (exact) mass is 240 g/mol. The largest absolute Gasteiger partial charge is 0.411 e. The smallest absolute Gasteiger partial charge is 0.0626 e. The second kappa shape index (κ2) is 6.36. The molecular formula is C13H24N2O2. The predicted octanol–water partition coefficient (Wildman–Crippen LogP) is 2.26. The predicted molar refractivity (Wildman–Crippen MR) is 67.7 cm³/mol. The summed E-state index contributed by atoms with van der Waals surface area (Å²) >= 11 is 0. The molecule has 2 aliphatic heterocycles. The Bertz CT molecular complexity index is 252. The number of ether oxygens (including phenoxy) is 1. The van der Waals surface area contributed by atoms with Crippen molar-refractivity contribution in [2.24, 2.45) is 5.16 Å². The third-order valence-corrected chi connectivity index (χ3v) is 3.91. The molecule has 0 radical (unpaired) electrons. The fourth-order valence-electron chi connectivity index (χ4n) is 2.98. The minimum Gasteiger partial charge on any atom is -0.411 e. The van der Waals surface area contributed by atoms with Crippen molar-refractivity contribution in [2.75, 3.05) is 19.8 Å². The second-order valence-electron chi connectivity index (χ2n) is 5.22. The molecule has 0 aliphatic carbocycles. The van der Waals surface area contributed by atoms with Crippen LogP contribution in [0.5, 0.6) is 0 Å². The molecule has 4 heteroatoms. The maximum Gasteiger partial charge on any atom is 0.0626 e. The highest BCUT2D eigenvalue weighted by atomic mass is 16.5. The van der Waals surface area contributed by atoms with E-state index in [0.717, 1.165) is 31.8 Å². The van der Waals surface area contributed by atoms with E-state index in [4.69, 9.17) is 9.94 Å². The summed E-state index contributed by atoms with van der Waals surface area (Å²) in [6.07, 6.45) is 6.99. The zero-order valence-electron chi connectivity index (χ0n) is 10.8. The average Bonchev–Trinajstić information content (AvgIpc) is 2.34. The molecule has 0 saturated carbocycles. The first-order chi connectivity index (χ1) is 8.35. The number of hydrogen-bond acceptors (Lipinski definition) is 4. The van der Waals surface area contributed by atoms with E-state index in [1.807, 2.05) is 0 Å². The molecule has 2 heterocycles. The molecule has 2 atom stereocenters. The van der Waals surface area contributed by atoms with Gasteiger partial charge in [0.1, 0.15) is 0 Å². The zero-order valence-corrected chi connectivity index (χ0v) is 10.8. The minimum absolute atomic E-state index is 0.440. The number of oxime groups is 1. The molecule has 1 N–H and O–H groups in total. The lowest BCUT2D eigenvalue weighted by molar-refractivity contribution is -0.0535. The van der Waals surface area contributed by atoms with Gasteiger partial charge in [-0.25, -0.2) is 0 Å². The Kier molecular flexibility index (Phi) is 4.80. The maximum absolute atomic E-state index is 8.91. The molecule has 4 nitrogen and oxygen atoms in total. The van der Waals surface area contributed by atoms with Gasteiger partial charge in [0, 0.05) is 24.9 Å². The fourth-order valence-corrected chi connectivity index (χ4v) is 2.98. The van der Waals surface area contributed by atoms with Crippen LogP contribution in [0.15, 0.2) is 5.16 Å². The SMILES string of the molecule is CCCCCCN1C2COCC1CC(=NO)C2. The first-order valence-corrected chi connectivity index (χ1v) is 6.88. The molecule has 2 saturated heterocycles. The van der Waals surface area contributed by atoms with Crippen LogP contribution in [0.25, 0.3) is 0 Å². The van der Waals surface area contributed by atoms with Crippen molar-refractivity contribution < 1.29 is 9.94 Å². The van der Waals surface area contributed by atoms with E-state index in [9.17, 15) is 0 Å². The number of unbranched alkanes of at least 4 members (excludes halogenated alkanes) is 3. The van der Waals surface area contributed by atoms with Gasteiger partial charge in [0.05, 0.1) is 18.9 Å². The lowest BCUT2D eigenvalue weighted by Gasteiger charge is -2.45. The summed E-state index contributed by atoms with van der Waals surface area (Å²) in [5.74, 6) is 0. The summed E-state index contributed by atoms with van der Waals surface area (Å²) < 4.78 is 5.61. The van der Waals surface area contributed by atoms with E-state index in [-0.39, 0.29) is 0 Å². The topological polar surface area (TPSA) is 45.1 Å². The highest BCUT2D eigenvalue weighted by Crippen LogP contribution is 2.26. The Balaban J connectivity index is 1.85. The van der Waals surface area contributed by atoms with Crippen LogP contribution in [0, 0.1) is 0 Å². The highest BCUT2D eigenvalue weighted by Gasteiger charge is 2.36. The Morgan fingerprint density at radius 2 is 1.94 bits per heavy atom. The van der Waals surface area contributed by atoms with Gasteiger partial charge < -0.3 is 9.94 Å². The molecule has 2 rings (SSSR count). The van der Waals surface area contributed by atoms with Crippen molar-refractivity contribution in [3.63, 3.8) is 0 Å². The van der Waals surface area contributed by atoms with Gasteiger partial charge in [-0.1, -0.05) is 31.3 Å². The van der Waals surface area contributed by atoms with Crippen molar-refractivity contribution in [1.82, 2.24) is 4.90 Å². The second-order valence-corrected chi connectivity index (χ2v) is 5.22. The average molecular weight is 240 g/mol. The van der Waals surface area contributed by atoms with Crippen LogP contribution in [0.3, 0.4) is 0 Å². The fraction of sp³-hybridized carbons (Fsp3) is 0.923.